The molecule has 0 saturated carbocycles. The molecule has 0 fully saturated rings. The minimum Gasteiger partial charge on any atom is -0.380 e. The van der Waals surface area contributed by atoms with Crippen molar-refractivity contribution in [2.45, 2.75) is 26.9 Å². The van der Waals surface area contributed by atoms with Crippen LogP contribution in [0.5, 0.6) is 0 Å². The van der Waals surface area contributed by atoms with Crippen LogP contribution in [0.3, 0.4) is 0 Å². The third-order valence-electron chi connectivity index (χ3n) is 2.62. The van der Waals surface area contributed by atoms with Gasteiger partial charge in [0, 0.05) is 35.0 Å². The summed E-state index contributed by atoms with van der Waals surface area (Å²) in [5, 5.41) is 7.64. The lowest BCUT2D eigenvalue weighted by Gasteiger charge is -2.07. The van der Waals surface area contributed by atoms with Crippen LogP contribution in [0.15, 0.2) is 35.1 Å². The molecule has 0 aliphatic heterocycles. The van der Waals surface area contributed by atoms with E-state index in [0.717, 1.165) is 23.2 Å². The molecular weight excluding hydrogens is 278 g/mol. The van der Waals surface area contributed by atoms with Crippen LogP contribution in [0, 0.1) is 6.92 Å². The van der Waals surface area contributed by atoms with Gasteiger partial charge in [-0.15, -0.1) is 0 Å². The highest BCUT2D eigenvalue weighted by Gasteiger charge is 2.01. The third-order valence-corrected chi connectivity index (χ3v) is 3.27. The summed E-state index contributed by atoms with van der Waals surface area (Å²) in [6.45, 7) is 5.87. The summed E-state index contributed by atoms with van der Waals surface area (Å²) < 4.78 is 3.03. The van der Waals surface area contributed by atoms with Gasteiger partial charge in [0.25, 0.3) is 0 Å². The summed E-state index contributed by atoms with van der Waals surface area (Å²) in [4.78, 5) is 0. The van der Waals surface area contributed by atoms with Gasteiger partial charge in [0.15, 0.2) is 0 Å². The predicted octanol–water partition coefficient (Wildman–Crippen LogP) is 3.59. The first kappa shape index (κ1) is 12.2. The summed E-state index contributed by atoms with van der Waals surface area (Å²) >= 11 is 3.56. The first-order valence-corrected chi connectivity index (χ1v) is 6.49. The average molecular weight is 294 g/mol. The van der Waals surface area contributed by atoms with Gasteiger partial charge in [0.1, 0.15) is 0 Å². The van der Waals surface area contributed by atoms with Crippen LogP contribution in [0.25, 0.3) is 0 Å². The Hall–Kier alpha value is -1.29. The van der Waals surface area contributed by atoms with Gasteiger partial charge < -0.3 is 5.32 Å². The predicted molar refractivity (Wildman–Crippen MR) is 74.1 cm³/mol. The lowest BCUT2D eigenvalue weighted by molar-refractivity contribution is 0.659. The number of halogens is 1. The standard InChI is InChI=1S/C13H16BrN3/c1-3-17-9-11(8-16-17)7-15-13-5-4-10(2)6-12(13)14/h4-6,8-9,15H,3,7H2,1-2H3. The molecule has 1 N–H and O–H groups in total. The number of anilines is 1. The SMILES string of the molecule is CCn1cc(CNc2ccc(C)cc2Br)cn1. The largest absolute Gasteiger partial charge is 0.380 e. The molecule has 0 spiro atoms. The van der Waals surface area contributed by atoms with Crippen molar-refractivity contribution in [1.29, 1.82) is 0 Å². The Bertz CT molecular complexity index is 505. The molecule has 0 saturated heterocycles. The van der Waals surface area contributed by atoms with Gasteiger partial charge >= 0.3 is 0 Å². The van der Waals surface area contributed by atoms with Gasteiger partial charge in [-0.3, -0.25) is 4.68 Å². The number of aromatic nitrogens is 2. The van der Waals surface area contributed by atoms with E-state index in [0.29, 0.717) is 0 Å². The minimum absolute atomic E-state index is 0.793. The third kappa shape index (κ3) is 3.09. The number of aryl methyl sites for hydroxylation is 2. The highest BCUT2D eigenvalue weighted by Crippen LogP contribution is 2.23. The molecule has 0 bridgehead atoms. The first-order valence-electron chi connectivity index (χ1n) is 5.70. The Kier molecular flexibility index (Phi) is 3.84. The van der Waals surface area contributed by atoms with Crippen molar-refractivity contribution >= 4 is 21.6 Å². The van der Waals surface area contributed by atoms with Crippen LogP contribution in [0.2, 0.25) is 0 Å². The number of nitrogens with one attached hydrogen (secondary N) is 1. The maximum atomic E-state index is 4.25. The van der Waals surface area contributed by atoms with Crippen molar-refractivity contribution in [2.75, 3.05) is 5.32 Å². The maximum absolute atomic E-state index is 4.25. The summed E-state index contributed by atoms with van der Waals surface area (Å²) in [7, 11) is 0. The van der Waals surface area contributed by atoms with Crippen LogP contribution < -0.4 is 5.32 Å². The van der Waals surface area contributed by atoms with E-state index in [2.05, 4.69) is 64.6 Å². The summed E-state index contributed by atoms with van der Waals surface area (Å²) in [6, 6.07) is 6.30. The molecular formula is C13H16BrN3. The Morgan fingerprint density at radius 3 is 2.88 bits per heavy atom. The molecule has 0 aliphatic carbocycles. The zero-order valence-corrected chi connectivity index (χ0v) is 11.7. The molecule has 17 heavy (non-hydrogen) atoms. The zero-order chi connectivity index (χ0) is 12.3. The van der Waals surface area contributed by atoms with Crippen molar-refractivity contribution < 1.29 is 0 Å². The van der Waals surface area contributed by atoms with Crippen molar-refractivity contribution in [2.24, 2.45) is 0 Å². The molecule has 3 nitrogen and oxygen atoms in total. The van der Waals surface area contributed by atoms with Crippen molar-refractivity contribution in [1.82, 2.24) is 9.78 Å². The van der Waals surface area contributed by atoms with E-state index in [4.69, 9.17) is 0 Å². The van der Waals surface area contributed by atoms with Crippen molar-refractivity contribution in [3.8, 4) is 0 Å². The monoisotopic (exact) mass is 293 g/mol. The molecule has 90 valence electrons. The van der Waals surface area contributed by atoms with E-state index in [1.165, 1.54) is 11.1 Å². The van der Waals surface area contributed by atoms with E-state index < -0.39 is 0 Å². The number of nitrogens with zero attached hydrogens (tertiary/aromatic N) is 2. The van der Waals surface area contributed by atoms with Gasteiger partial charge in [-0.1, -0.05) is 6.07 Å². The molecule has 1 aromatic heterocycles. The second-order valence-corrected chi connectivity index (χ2v) is 4.90. The molecule has 0 amide bonds. The molecule has 4 heteroatoms. The topological polar surface area (TPSA) is 29.9 Å². The van der Waals surface area contributed by atoms with Crippen LogP contribution in [0.1, 0.15) is 18.1 Å². The van der Waals surface area contributed by atoms with Crippen LogP contribution >= 0.6 is 15.9 Å². The summed E-state index contributed by atoms with van der Waals surface area (Å²) in [6.07, 6.45) is 3.97. The molecule has 0 radical (unpaired) electrons. The molecule has 2 rings (SSSR count). The first-order chi connectivity index (χ1) is 8.19. The quantitative estimate of drug-likeness (QED) is 0.934. The van der Waals surface area contributed by atoms with Gasteiger partial charge in [-0.2, -0.15) is 5.10 Å². The maximum Gasteiger partial charge on any atom is 0.0539 e. The smallest absolute Gasteiger partial charge is 0.0539 e. The average Bonchev–Trinajstić information content (AvgIpc) is 2.76. The zero-order valence-electron chi connectivity index (χ0n) is 10.1. The minimum atomic E-state index is 0.793. The van der Waals surface area contributed by atoms with E-state index in [1.54, 1.807) is 0 Å². The van der Waals surface area contributed by atoms with Crippen LogP contribution in [-0.4, -0.2) is 9.78 Å². The number of hydrogen-bond acceptors (Lipinski definition) is 2. The Morgan fingerprint density at radius 2 is 2.24 bits per heavy atom. The highest BCUT2D eigenvalue weighted by molar-refractivity contribution is 9.10. The Balaban J connectivity index is 2.02. The normalized spacial score (nSPS) is 10.5. The molecule has 0 aliphatic rings. The molecule has 1 heterocycles. The van der Waals surface area contributed by atoms with Gasteiger partial charge in [0.2, 0.25) is 0 Å². The van der Waals surface area contributed by atoms with Gasteiger partial charge in [0.05, 0.1) is 6.20 Å². The van der Waals surface area contributed by atoms with Gasteiger partial charge in [-0.25, -0.2) is 0 Å². The number of hydrogen-bond donors (Lipinski definition) is 1. The van der Waals surface area contributed by atoms with E-state index >= 15 is 0 Å². The van der Waals surface area contributed by atoms with Crippen molar-refractivity contribution in [3.63, 3.8) is 0 Å². The number of benzene rings is 1. The fourth-order valence-corrected chi connectivity index (χ4v) is 2.26. The Morgan fingerprint density at radius 1 is 1.41 bits per heavy atom. The lowest BCUT2D eigenvalue weighted by atomic mass is 10.2. The molecule has 0 unspecified atom stereocenters. The lowest BCUT2D eigenvalue weighted by Crippen LogP contribution is -1.99. The van der Waals surface area contributed by atoms with Crippen LogP contribution in [-0.2, 0) is 13.1 Å². The number of rotatable bonds is 4. The second kappa shape index (κ2) is 5.36. The van der Waals surface area contributed by atoms with Crippen molar-refractivity contribution in [3.05, 3.63) is 46.2 Å². The fourth-order valence-electron chi connectivity index (χ4n) is 1.63. The van der Waals surface area contributed by atoms with Gasteiger partial charge in [-0.05, 0) is 47.5 Å². The van der Waals surface area contributed by atoms with E-state index in [1.807, 2.05) is 10.9 Å². The fraction of sp³-hybridized carbons (Fsp3) is 0.308. The highest BCUT2D eigenvalue weighted by atomic mass is 79.9. The summed E-state index contributed by atoms with van der Waals surface area (Å²) in [5.41, 5.74) is 3.56. The summed E-state index contributed by atoms with van der Waals surface area (Å²) in [5.74, 6) is 0. The van der Waals surface area contributed by atoms with E-state index in [-0.39, 0.29) is 0 Å². The Labute approximate surface area is 110 Å². The second-order valence-electron chi connectivity index (χ2n) is 4.04. The molecule has 0 atom stereocenters. The van der Waals surface area contributed by atoms with Crippen LogP contribution in [0.4, 0.5) is 5.69 Å². The van der Waals surface area contributed by atoms with E-state index in [9.17, 15) is 0 Å². The molecule has 1 aromatic carbocycles. The molecule has 2 aromatic rings.